The molecule has 0 saturated carbocycles. The Labute approximate surface area is 96.1 Å². The molecule has 5 nitrogen and oxygen atoms in total. The van der Waals surface area contributed by atoms with Gasteiger partial charge in [-0.05, 0) is 27.2 Å². The monoisotopic (exact) mass is 227 g/mol. The molecule has 16 heavy (non-hydrogen) atoms. The van der Waals surface area contributed by atoms with E-state index in [0.29, 0.717) is 26.1 Å². The first-order valence-corrected chi connectivity index (χ1v) is 5.52. The van der Waals surface area contributed by atoms with Crippen molar-refractivity contribution < 1.29 is 9.59 Å². The van der Waals surface area contributed by atoms with Gasteiger partial charge in [-0.3, -0.25) is 9.59 Å². The normalized spacial score (nSPS) is 25.9. The lowest BCUT2D eigenvalue weighted by molar-refractivity contribution is -0.139. The first kappa shape index (κ1) is 13.0. The Bertz CT molecular complexity index is 314. The van der Waals surface area contributed by atoms with E-state index in [1.54, 1.807) is 11.8 Å². The summed E-state index contributed by atoms with van der Waals surface area (Å²) in [4.78, 5) is 25.1. The highest BCUT2D eigenvalue weighted by Gasteiger charge is 2.43. The predicted molar refractivity (Wildman–Crippen MR) is 61.3 cm³/mol. The highest BCUT2D eigenvalue weighted by molar-refractivity contribution is 5.86. The number of hydrogen-bond donors (Lipinski definition) is 2. The van der Waals surface area contributed by atoms with Crippen molar-refractivity contribution in [3.8, 4) is 0 Å². The maximum Gasteiger partial charge on any atom is 0.229 e. The Balaban J connectivity index is 2.74. The molecule has 1 aliphatic rings. The summed E-state index contributed by atoms with van der Waals surface area (Å²) in [7, 11) is 0. The van der Waals surface area contributed by atoms with Crippen LogP contribution in [-0.4, -0.2) is 36.3 Å². The van der Waals surface area contributed by atoms with Crippen LogP contribution >= 0.6 is 0 Å². The van der Waals surface area contributed by atoms with Crippen molar-refractivity contribution in [2.45, 2.75) is 27.2 Å². The second-order valence-electron chi connectivity index (χ2n) is 5.49. The first-order valence-electron chi connectivity index (χ1n) is 5.52. The molecule has 1 saturated heterocycles. The third-order valence-corrected chi connectivity index (χ3v) is 3.44. The van der Waals surface area contributed by atoms with E-state index < -0.39 is 10.8 Å². The number of nitrogens with zero attached hydrogens (tertiary/aromatic N) is 1. The Hall–Kier alpha value is -1.10. The van der Waals surface area contributed by atoms with Gasteiger partial charge in [-0.2, -0.15) is 0 Å². The molecule has 0 aromatic heterocycles. The summed E-state index contributed by atoms with van der Waals surface area (Å²) in [5, 5.41) is 0. The summed E-state index contributed by atoms with van der Waals surface area (Å²) >= 11 is 0. The van der Waals surface area contributed by atoms with Crippen LogP contribution in [0.15, 0.2) is 0 Å². The third-order valence-electron chi connectivity index (χ3n) is 3.44. The van der Waals surface area contributed by atoms with E-state index in [9.17, 15) is 9.59 Å². The highest BCUT2D eigenvalue weighted by Crippen LogP contribution is 2.32. The van der Waals surface area contributed by atoms with Crippen LogP contribution in [0.1, 0.15) is 27.2 Å². The molecular weight excluding hydrogens is 206 g/mol. The van der Waals surface area contributed by atoms with Gasteiger partial charge in [-0.25, -0.2) is 0 Å². The lowest BCUT2D eigenvalue weighted by atomic mass is 9.88. The van der Waals surface area contributed by atoms with Crippen LogP contribution in [0.25, 0.3) is 0 Å². The molecule has 0 radical (unpaired) electrons. The SMILES string of the molecule is CC(C)(CN)C(=O)N1CCC(C)(C(N)=O)C1. The van der Waals surface area contributed by atoms with Gasteiger partial charge in [-0.15, -0.1) is 0 Å². The van der Waals surface area contributed by atoms with E-state index in [0.717, 1.165) is 0 Å². The summed E-state index contributed by atoms with van der Waals surface area (Å²) in [5.41, 5.74) is 9.75. The molecule has 0 bridgehead atoms. The van der Waals surface area contributed by atoms with Crippen molar-refractivity contribution in [2.75, 3.05) is 19.6 Å². The smallest absolute Gasteiger partial charge is 0.229 e. The molecule has 1 heterocycles. The average molecular weight is 227 g/mol. The predicted octanol–water partition coefficient (Wildman–Crippen LogP) is -0.305. The summed E-state index contributed by atoms with van der Waals surface area (Å²) in [6.45, 7) is 6.73. The lowest BCUT2D eigenvalue weighted by Crippen LogP contribution is -2.45. The van der Waals surface area contributed by atoms with Crippen LogP contribution in [0, 0.1) is 10.8 Å². The van der Waals surface area contributed by atoms with Gasteiger partial charge in [0.05, 0.1) is 10.8 Å². The number of nitrogens with two attached hydrogens (primary N) is 2. The van der Waals surface area contributed by atoms with Crippen molar-refractivity contribution in [3.63, 3.8) is 0 Å². The molecule has 2 amide bonds. The standard InChI is InChI=1S/C11H21N3O2/c1-10(2,6-12)9(16)14-5-4-11(3,7-14)8(13)15/h4-7,12H2,1-3H3,(H2,13,15). The Morgan fingerprint density at radius 1 is 1.44 bits per heavy atom. The Morgan fingerprint density at radius 3 is 2.38 bits per heavy atom. The van der Waals surface area contributed by atoms with Crippen LogP contribution in [0.2, 0.25) is 0 Å². The second-order valence-corrected chi connectivity index (χ2v) is 5.49. The number of carbonyl (C=O) groups excluding carboxylic acids is 2. The van der Waals surface area contributed by atoms with Gasteiger partial charge in [0.25, 0.3) is 0 Å². The summed E-state index contributed by atoms with van der Waals surface area (Å²) in [6.07, 6.45) is 0.634. The largest absolute Gasteiger partial charge is 0.369 e. The van der Waals surface area contributed by atoms with E-state index in [-0.39, 0.29) is 11.8 Å². The van der Waals surface area contributed by atoms with E-state index >= 15 is 0 Å². The number of likely N-dealkylation sites (tertiary alicyclic amines) is 1. The minimum Gasteiger partial charge on any atom is -0.369 e. The molecule has 1 rings (SSSR count). The second kappa shape index (κ2) is 4.05. The van der Waals surface area contributed by atoms with Crippen LogP contribution in [0.5, 0.6) is 0 Å². The van der Waals surface area contributed by atoms with Crippen LogP contribution in [-0.2, 0) is 9.59 Å². The molecule has 1 unspecified atom stereocenters. The fourth-order valence-electron chi connectivity index (χ4n) is 1.85. The van der Waals surface area contributed by atoms with Crippen molar-refractivity contribution in [2.24, 2.45) is 22.3 Å². The molecule has 1 aliphatic heterocycles. The Morgan fingerprint density at radius 2 is 2.00 bits per heavy atom. The average Bonchev–Trinajstić information content (AvgIpc) is 2.61. The molecule has 0 aromatic rings. The molecule has 0 aromatic carbocycles. The fourth-order valence-corrected chi connectivity index (χ4v) is 1.85. The van der Waals surface area contributed by atoms with E-state index in [1.165, 1.54) is 0 Å². The quantitative estimate of drug-likeness (QED) is 0.693. The molecule has 0 aliphatic carbocycles. The molecule has 0 spiro atoms. The van der Waals surface area contributed by atoms with Crippen LogP contribution in [0.4, 0.5) is 0 Å². The van der Waals surface area contributed by atoms with Gasteiger partial charge in [0.1, 0.15) is 0 Å². The van der Waals surface area contributed by atoms with Gasteiger partial charge in [0.15, 0.2) is 0 Å². The molecule has 1 atom stereocenters. The van der Waals surface area contributed by atoms with Gasteiger partial charge >= 0.3 is 0 Å². The Kier molecular flexibility index (Phi) is 3.28. The molecule has 4 N–H and O–H groups in total. The third kappa shape index (κ3) is 2.19. The minimum atomic E-state index is -0.583. The summed E-state index contributed by atoms with van der Waals surface area (Å²) < 4.78 is 0. The molecule has 5 heteroatoms. The summed E-state index contributed by atoms with van der Waals surface area (Å²) in [5.74, 6) is -0.340. The molecule has 1 fully saturated rings. The maximum atomic E-state index is 12.1. The zero-order valence-corrected chi connectivity index (χ0v) is 10.2. The number of primary amides is 1. The molecular formula is C11H21N3O2. The number of hydrogen-bond acceptors (Lipinski definition) is 3. The van der Waals surface area contributed by atoms with Gasteiger partial charge in [-0.1, -0.05) is 0 Å². The maximum absolute atomic E-state index is 12.1. The van der Waals surface area contributed by atoms with Crippen molar-refractivity contribution >= 4 is 11.8 Å². The van der Waals surface area contributed by atoms with Crippen molar-refractivity contribution in [3.05, 3.63) is 0 Å². The van der Waals surface area contributed by atoms with Crippen molar-refractivity contribution in [1.82, 2.24) is 4.90 Å². The number of rotatable bonds is 3. The van der Waals surface area contributed by atoms with Gasteiger partial charge < -0.3 is 16.4 Å². The lowest BCUT2D eigenvalue weighted by Gasteiger charge is -2.29. The van der Waals surface area contributed by atoms with Gasteiger partial charge in [0.2, 0.25) is 11.8 Å². The first-order chi connectivity index (χ1) is 7.23. The van der Waals surface area contributed by atoms with Crippen LogP contribution < -0.4 is 11.5 Å². The number of amides is 2. The van der Waals surface area contributed by atoms with Crippen LogP contribution in [0.3, 0.4) is 0 Å². The van der Waals surface area contributed by atoms with E-state index in [2.05, 4.69) is 0 Å². The summed E-state index contributed by atoms with van der Waals surface area (Å²) in [6, 6.07) is 0. The minimum absolute atomic E-state index is 0.0000231. The topological polar surface area (TPSA) is 89.4 Å². The zero-order valence-electron chi connectivity index (χ0n) is 10.2. The van der Waals surface area contributed by atoms with E-state index in [1.807, 2.05) is 13.8 Å². The zero-order chi connectivity index (χ0) is 12.6. The molecule has 92 valence electrons. The highest BCUT2D eigenvalue weighted by atomic mass is 16.2. The number of carbonyl (C=O) groups is 2. The van der Waals surface area contributed by atoms with E-state index in [4.69, 9.17) is 11.5 Å². The van der Waals surface area contributed by atoms with Gasteiger partial charge in [0, 0.05) is 19.6 Å². The fraction of sp³-hybridized carbons (Fsp3) is 0.818. The van der Waals surface area contributed by atoms with Crippen molar-refractivity contribution in [1.29, 1.82) is 0 Å².